The summed E-state index contributed by atoms with van der Waals surface area (Å²) in [6.45, 7) is 12.1. The van der Waals surface area contributed by atoms with Crippen molar-refractivity contribution in [3.63, 3.8) is 0 Å². The van der Waals surface area contributed by atoms with Crippen molar-refractivity contribution in [3.8, 4) is 10.4 Å². The van der Waals surface area contributed by atoms with Crippen molar-refractivity contribution < 1.29 is 14.3 Å². The highest BCUT2D eigenvalue weighted by Crippen LogP contribution is 2.33. The number of carbonyl (C=O) groups excluding carboxylic acids is 2. The van der Waals surface area contributed by atoms with E-state index >= 15 is 0 Å². The van der Waals surface area contributed by atoms with Gasteiger partial charge in [-0.1, -0.05) is 24.3 Å². The van der Waals surface area contributed by atoms with Crippen molar-refractivity contribution in [2.24, 2.45) is 0 Å². The molecule has 33 heavy (non-hydrogen) atoms. The van der Waals surface area contributed by atoms with Crippen LogP contribution in [0.5, 0.6) is 0 Å². The topological polar surface area (TPSA) is 61.9 Å². The fraction of sp³-hybridized carbons (Fsp3) is 0.538. The van der Waals surface area contributed by atoms with E-state index in [0.29, 0.717) is 13.1 Å². The molecule has 7 heteroatoms. The molecule has 178 valence electrons. The molecule has 2 saturated heterocycles. The van der Waals surface area contributed by atoms with Crippen LogP contribution in [0.1, 0.15) is 60.8 Å². The summed E-state index contributed by atoms with van der Waals surface area (Å²) in [5.74, 6) is 0.0443. The standard InChI is InChI=1S/C26H35N3O3S/c1-18-15-22(20-9-7-19(8-10-20)16-28-12-5-6-13-28)33-23(18)24(30)29-14-11-21(17-29)27-25(31)32-26(2,3)4/h7-10,15,21H,5-6,11-14,16-17H2,1-4H3,(H,27,31)/t21-/m0/s1. The first-order valence-electron chi connectivity index (χ1n) is 11.9. The molecule has 0 aliphatic carbocycles. The number of nitrogens with zero attached hydrogens (tertiary/aromatic N) is 2. The number of benzene rings is 1. The first-order chi connectivity index (χ1) is 15.7. The summed E-state index contributed by atoms with van der Waals surface area (Å²) in [5, 5.41) is 2.89. The van der Waals surface area contributed by atoms with Crippen LogP contribution in [0.25, 0.3) is 10.4 Å². The van der Waals surface area contributed by atoms with Crippen LogP contribution in [0.4, 0.5) is 4.79 Å². The van der Waals surface area contributed by atoms with E-state index in [1.54, 1.807) is 11.3 Å². The number of hydrogen-bond donors (Lipinski definition) is 1. The first kappa shape index (κ1) is 23.8. The minimum absolute atomic E-state index is 0.0443. The van der Waals surface area contributed by atoms with Gasteiger partial charge in [-0.3, -0.25) is 9.69 Å². The zero-order chi connectivity index (χ0) is 23.6. The smallest absolute Gasteiger partial charge is 0.407 e. The number of likely N-dealkylation sites (tertiary alicyclic amines) is 2. The van der Waals surface area contributed by atoms with Crippen LogP contribution in [0.2, 0.25) is 0 Å². The molecule has 1 aromatic carbocycles. The van der Waals surface area contributed by atoms with E-state index < -0.39 is 11.7 Å². The minimum atomic E-state index is -0.533. The van der Waals surface area contributed by atoms with Crippen molar-refractivity contribution in [2.75, 3.05) is 26.2 Å². The van der Waals surface area contributed by atoms with Crippen molar-refractivity contribution >= 4 is 23.3 Å². The molecule has 0 radical (unpaired) electrons. The second kappa shape index (κ2) is 9.85. The molecular formula is C26H35N3O3S. The third-order valence-electron chi connectivity index (χ3n) is 6.15. The second-order valence-electron chi connectivity index (χ2n) is 10.2. The average Bonchev–Trinajstić information content (AvgIpc) is 3.48. The molecular weight excluding hydrogens is 434 g/mol. The fourth-order valence-corrected chi connectivity index (χ4v) is 5.64. The maximum atomic E-state index is 13.2. The average molecular weight is 470 g/mol. The molecule has 0 saturated carbocycles. The number of alkyl carbamates (subject to hydrolysis) is 1. The van der Waals surface area contributed by atoms with Gasteiger partial charge in [-0.2, -0.15) is 0 Å². The van der Waals surface area contributed by atoms with Crippen LogP contribution in [0.15, 0.2) is 30.3 Å². The van der Waals surface area contributed by atoms with Gasteiger partial charge in [0.05, 0.1) is 10.9 Å². The molecule has 2 fully saturated rings. The van der Waals surface area contributed by atoms with Crippen molar-refractivity contribution in [2.45, 2.75) is 65.1 Å². The van der Waals surface area contributed by atoms with Crippen LogP contribution in [-0.2, 0) is 11.3 Å². The largest absolute Gasteiger partial charge is 0.444 e. The van der Waals surface area contributed by atoms with Gasteiger partial charge in [0, 0.05) is 24.5 Å². The maximum absolute atomic E-state index is 13.2. The number of hydrogen-bond acceptors (Lipinski definition) is 5. The Morgan fingerprint density at radius 2 is 1.82 bits per heavy atom. The number of carbonyl (C=O) groups is 2. The highest BCUT2D eigenvalue weighted by Gasteiger charge is 2.30. The van der Waals surface area contributed by atoms with Crippen molar-refractivity contribution in [3.05, 3.63) is 46.3 Å². The molecule has 0 unspecified atom stereocenters. The van der Waals surface area contributed by atoms with E-state index in [4.69, 9.17) is 4.74 Å². The van der Waals surface area contributed by atoms with Crippen LogP contribution >= 0.6 is 11.3 Å². The maximum Gasteiger partial charge on any atom is 0.407 e. The molecule has 3 heterocycles. The molecule has 6 nitrogen and oxygen atoms in total. The monoisotopic (exact) mass is 469 g/mol. The lowest BCUT2D eigenvalue weighted by molar-refractivity contribution is 0.0502. The first-order valence-corrected chi connectivity index (χ1v) is 12.7. The number of aryl methyl sites for hydroxylation is 1. The Morgan fingerprint density at radius 3 is 2.48 bits per heavy atom. The van der Waals surface area contributed by atoms with Gasteiger partial charge in [-0.05, 0) is 82.8 Å². The molecule has 4 rings (SSSR count). The Kier molecular flexibility index (Phi) is 7.10. The zero-order valence-corrected chi connectivity index (χ0v) is 21.0. The van der Waals surface area contributed by atoms with Crippen LogP contribution < -0.4 is 5.32 Å². The highest BCUT2D eigenvalue weighted by atomic mass is 32.1. The molecule has 2 aliphatic rings. The van der Waals surface area contributed by atoms with E-state index in [0.717, 1.165) is 33.8 Å². The molecule has 1 N–H and O–H groups in total. The second-order valence-corrected chi connectivity index (χ2v) is 11.2. The van der Waals surface area contributed by atoms with E-state index in [9.17, 15) is 9.59 Å². The Labute approximate surface area is 200 Å². The zero-order valence-electron chi connectivity index (χ0n) is 20.1. The van der Waals surface area contributed by atoms with Gasteiger partial charge >= 0.3 is 6.09 Å². The third kappa shape index (κ3) is 6.15. The van der Waals surface area contributed by atoms with Gasteiger partial charge in [0.1, 0.15) is 5.60 Å². The Morgan fingerprint density at radius 1 is 1.12 bits per heavy atom. The van der Waals surface area contributed by atoms with E-state index in [2.05, 4.69) is 40.5 Å². The SMILES string of the molecule is Cc1cc(-c2ccc(CN3CCCC3)cc2)sc1C(=O)N1CC[C@H](NC(=O)OC(C)(C)C)C1. The van der Waals surface area contributed by atoms with Gasteiger partial charge in [0.25, 0.3) is 5.91 Å². The summed E-state index contributed by atoms with van der Waals surface area (Å²) >= 11 is 1.56. The highest BCUT2D eigenvalue weighted by molar-refractivity contribution is 7.17. The summed E-state index contributed by atoms with van der Waals surface area (Å²) in [6.07, 6.45) is 2.92. The van der Waals surface area contributed by atoms with Gasteiger partial charge in [-0.15, -0.1) is 11.3 Å². The molecule has 0 spiro atoms. The van der Waals surface area contributed by atoms with Crippen LogP contribution in [0, 0.1) is 6.92 Å². The number of ether oxygens (including phenoxy) is 1. The number of nitrogens with one attached hydrogen (secondary N) is 1. The number of thiophene rings is 1. The Balaban J connectivity index is 1.37. The van der Waals surface area contributed by atoms with Gasteiger partial charge in [-0.25, -0.2) is 4.79 Å². The normalized spacial score (nSPS) is 19.2. The van der Waals surface area contributed by atoms with E-state index in [1.165, 1.54) is 31.5 Å². The molecule has 2 aliphatic heterocycles. The summed E-state index contributed by atoms with van der Waals surface area (Å²) in [7, 11) is 0. The lowest BCUT2D eigenvalue weighted by Gasteiger charge is -2.22. The third-order valence-corrected chi connectivity index (χ3v) is 7.43. The lowest BCUT2D eigenvalue weighted by atomic mass is 10.1. The summed E-state index contributed by atoms with van der Waals surface area (Å²) in [4.78, 5) is 31.5. The lowest BCUT2D eigenvalue weighted by Crippen LogP contribution is -2.41. The number of rotatable bonds is 5. The minimum Gasteiger partial charge on any atom is -0.444 e. The molecule has 2 amide bonds. The Hall–Kier alpha value is -2.38. The van der Waals surface area contributed by atoms with Crippen LogP contribution in [-0.4, -0.2) is 59.6 Å². The predicted molar refractivity (Wildman–Crippen MR) is 133 cm³/mol. The van der Waals surface area contributed by atoms with Crippen molar-refractivity contribution in [1.29, 1.82) is 0 Å². The van der Waals surface area contributed by atoms with Gasteiger partial charge < -0.3 is 15.0 Å². The molecule has 2 aromatic rings. The quantitative estimate of drug-likeness (QED) is 0.665. The predicted octanol–water partition coefficient (Wildman–Crippen LogP) is 5.06. The number of amides is 2. The molecule has 0 bridgehead atoms. The Bertz CT molecular complexity index is 987. The summed E-state index contributed by atoms with van der Waals surface area (Å²) in [5.41, 5.74) is 2.96. The van der Waals surface area contributed by atoms with Gasteiger partial charge in [0.2, 0.25) is 0 Å². The van der Waals surface area contributed by atoms with Gasteiger partial charge in [0.15, 0.2) is 0 Å². The fourth-order valence-electron chi connectivity index (χ4n) is 4.49. The molecule has 1 aromatic heterocycles. The summed E-state index contributed by atoms with van der Waals surface area (Å²) < 4.78 is 5.34. The van der Waals surface area contributed by atoms with E-state index in [1.807, 2.05) is 32.6 Å². The molecule has 1 atom stereocenters. The van der Waals surface area contributed by atoms with Crippen molar-refractivity contribution in [1.82, 2.24) is 15.1 Å². The van der Waals surface area contributed by atoms with E-state index in [-0.39, 0.29) is 11.9 Å². The van der Waals surface area contributed by atoms with Crippen LogP contribution in [0.3, 0.4) is 0 Å². The summed E-state index contributed by atoms with van der Waals surface area (Å²) in [6, 6.07) is 10.8.